The molecule has 0 bridgehead atoms. The Balaban J connectivity index is 1.69. The molecule has 7 nitrogen and oxygen atoms in total. The fraction of sp³-hybridized carbons (Fsp3) is 0.545. The van der Waals surface area contributed by atoms with E-state index in [-0.39, 0.29) is 5.91 Å². The summed E-state index contributed by atoms with van der Waals surface area (Å²) in [7, 11) is 1.51. The van der Waals surface area contributed by atoms with Crippen LogP contribution in [0.5, 0.6) is 17.2 Å². The van der Waals surface area contributed by atoms with Crippen molar-refractivity contribution in [3.63, 3.8) is 0 Å². The molecular weight excluding hydrogens is 504 g/mol. The summed E-state index contributed by atoms with van der Waals surface area (Å²) in [6, 6.07) is 12.0. The minimum Gasteiger partial charge on any atom is -0.494 e. The van der Waals surface area contributed by atoms with Gasteiger partial charge in [-0.2, -0.15) is 5.10 Å². The number of hydrazone groups is 1. The number of amides is 1. The Bertz CT molecular complexity index is 1020. The highest BCUT2D eigenvalue weighted by Crippen LogP contribution is 2.28. The fourth-order valence-corrected chi connectivity index (χ4v) is 4.21. The van der Waals surface area contributed by atoms with Crippen molar-refractivity contribution in [3.05, 3.63) is 53.6 Å². The summed E-state index contributed by atoms with van der Waals surface area (Å²) in [4.78, 5) is 24.7. The first-order chi connectivity index (χ1) is 19.6. The number of unbranched alkanes of at least 4 members (excludes halogenated alkanes) is 11. The molecule has 0 fully saturated rings. The molecule has 2 aromatic carbocycles. The van der Waals surface area contributed by atoms with Crippen molar-refractivity contribution in [2.24, 2.45) is 5.10 Å². The Kier molecular flexibility index (Phi) is 16.9. The van der Waals surface area contributed by atoms with Crippen molar-refractivity contribution in [1.29, 1.82) is 0 Å². The maximum Gasteiger partial charge on any atom is 0.343 e. The highest BCUT2D eigenvalue weighted by Gasteiger charge is 2.13. The van der Waals surface area contributed by atoms with Crippen molar-refractivity contribution in [2.75, 3.05) is 13.7 Å². The minimum absolute atomic E-state index is 0.0912. The Morgan fingerprint density at radius 2 is 1.40 bits per heavy atom. The zero-order valence-corrected chi connectivity index (χ0v) is 24.7. The van der Waals surface area contributed by atoms with E-state index in [1.165, 1.54) is 64.9 Å². The van der Waals surface area contributed by atoms with Gasteiger partial charge in [0, 0.05) is 6.42 Å². The first-order valence-corrected chi connectivity index (χ1v) is 15.0. The van der Waals surface area contributed by atoms with Gasteiger partial charge in [-0.1, -0.05) is 84.5 Å². The molecular formula is C33H48N2O5. The highest BCUT2D eigenvalue weighted by atomic mass is 16.6. The summed E-state index contributed by atoms with van der Waals surface area (Å²) in [5.74, 6) is 0.829. The highest BCUT2D eigenvalue weighted by molar-refractivity contribution is 5.91. The van der Waals surface area contributed by atoms with Crippen LogP contribution in [0.1, 0.15) is 120 Å². The third kappa shape index (κ3) is 13.6. The molecule has 0 spiro atoms. The average molecular weight is 553 g/mol. The summed E-state index contributed by atoms with van der Waals surface area (Å²) in [6.45, 7) is 5.00. The Hall–Kier alpha value is -3.35. The number of carbonyl (C=O) groups excluding carboxylic acids is 2. The van der Waals surface area contributed by atoms with E-state index in [0.29, 0.717) is 35.7 Å². The molecule has 0 radical (unpaired) electrons. The van der Waals surface area contributed by atoms with Crippen LogP contribution in [-0.2, 0) is 4.79 Å². The van der Waals surface area contributed by atoms with Crippen LogP contribution in [0.4, 0.5) is 0 Å². The first kappa shape index (κ1) is 32.9. The molecule has 1 amide bonds. The van der Waals surface area contributed by atoms with Crippen LogP contribution in [0.2, 0.25) is 0 Å². The lowest BCUT2D eigenvalue weighted by molar-refractivity contribution is -0.121. The molecule has 7 heteroatoms. The number of rotatable bonds is 21. The number of hydrogen-bond donors (Lipinski definition) is 1. The van der Waals surface area contributed by atoms with E-state index in [2.05, 4.69) is 24.4 Å². The van der Waals surface area contributed by atoms with Gasteiger partial charge in [-0.25, -0.2) is 10.2 Å². The third-order valence-corrected chi connectivity index (χ3v) is 6.66. The Morgan fingerprint density at radius 1 is 0.775 bits per heavy atom. The predicted octanol–water partition coefficient (Wildman–Crippen LogP) is 8.24. The van der Waals surface area contributed by atoms with E-state index < -0.39 is 5.97 Å². The smallest absolute Gasteiger partial charge is 0.343 e. The number of esters is 1. The van der Waals surface area contributed by atoms with Crippen molar-refractivity contribution in [3.8, 4) is 17.2 Å². The Morgan fingerprint density at radius 3 is 2.02 bits per heavy atom. The van der Waals surface area contributed by atoms with Crippen LogP contribution in [0, 0.1) is 0 Å². The fourth-order valence-electron chi connectivity index (χ4n) is 4.21. The zero-order valence-electron chi connectivity index (χ0n) is 24.7. The van der Waals surface area contributed by atoms with Gasteiger partial charge in [0.25, 0.3) is 0 Å². The van der Waals surface area contributed by atoms with Gasteiger partial charge in [-0.05, 0) is 60.9 Å². The maximum absolute atomic E-state index is 12.6. The monoisotopic (exact) mass is 552 g/mol. The normalized spacial score (nSPS) is 11.0. The second kappa shape index (κ2) is 20.5. The molecule has 0 aromatic heterocycles. The van der Waals surface area contributed by atoms with E-state index in [4.69, 9.17) is 14.2 Å². The number of hydrogen-bond acceptors (Lipinski definition) is 6. The van der Waals surface area contributed by atoms with Crippen molar-refractivity contribution < 1.29 is 23.8 Å². The third-order valence-electron chi connectivity index (χ3n) is 6.66. The largest absolute Gasteiger partial charge is 0.494 e. The van der Waals surface area contributed by atoms with E-state index in [9.17, 15) is 9.59 Å². The number of methoxy groups -OCH3 is 1. The number of benzene rings is 2. The van der Waals surface area contributed by atoms with Crippen molar-refractivity contribution >= 4 is 18.1 Å². The van der Waals surface area contributed by atoms with Gasteiger partial charge in [0.15, 0.2) is 11.5 Å². The minimum atomic E-state index is -0.491. The summed E-state index contributed by atoms with van der Waals surface area (Å²) >= 11 is 0. The second-order valence-electron chi connectivity index (χ2n) is 10.1. The second-order valence-corrected chi connectivity index (χ2v) is 10.1. The molecule has 0 aliphatic rings. The molecule has 1 N–H and O–H groups in total. The lowest BCUT2D eigenvalue weighted by atomic mass is 10.1. The van der Waals surface area contributed by atoms with Crippen molar-refractivity contribution in [1.82, 2.24) is 5.43 Å². The van der Waals surface area contributed by atoms with Crippen LogP contribution >= 0.6 is 0 Å². The van der Waals surface area contributed by atoms with Gasteiger partial charge < -0.3 is 14.2 Å². The molecule has 2 aromatic rings. The van der Waals surface area contributed by atoms with E-state index in [1.54, 1.807) is 48.7 Å². The number of nitrogens with one attached hydrogen (secondary N) is 1. The quantitative estimate of drug-likeness (QED) is 0.0554. The van der Waals surface area contributed by atoms with Gasteiger partial charge in [0.1, 0.15) is 5.75 Å². The summed E-state index contributed by atoms with van der Waals surface area (Å²) < 4.78 is 16.6. The van der Waals surface area contributed by atoms with Gasteiger partial charge in [0.05, 0.1) is 25.5 Å². The standard InChI is InChI=1S/C33H48N2O5/c1-4-6-8-9-10-11-12-13-14-15-16-17-32(36)35-34-26-27-18-23-30(31(25-27)38-3)40-33(37)28-19-21-29(22-20-28)39-24-7-5-2/h18-23,25-26H,4-17,24H2,1-3H3,(H,35,36)/b34-26+. The van der Waals surface area contributed by atoms with E-state index in [1.807, 2.05) is 0 Å². The number of nitrogens with zero attached hydrogens (tertiary/aromatic N) is 1. The number of ether oxygens (including phenoxy) is 3. The summed E-state index contributed by atoms with van der Waals surface area (Å²) in [5.41, 5.74) is 3.71. The molecule has 0 saturated heterocycles. The zero-order chi connectivity index (χ0) is 28.8. The molecule has 0 unspecified atom stereocenters. The van der Waals surface area contributed by atoms with Crippen LogP contribution in [0.3, 0.4) is 0 Å². The molecule has 2 rings (SSSR count). The van der Waals surface area contributed by atoms with Gasteiger partial charge in [-0.3, -0.25) is 4.79 Å². The Labute approximate surface area is 240 Å². The lowest BCUT2D eigenvalue weighted by Gasteiger charge is -2.10. The molecule has 0 heterocycles. The van der Waals surface area contributed by atoms with Crippen molar-refractivity contribution in [2.45, 2.75) is 104 Å². The molecule has 220 valence electrons. The molecule has 40 heavy (non-hydrogen) atoms. The van der Waals surface area contributed by atoms with Gasteiger partial charge >= 0.3 is 5.97 Å². The van der Waals surface area contributed by atoms with Crippen LogP contribution in [0.15, 0.2) is 47.6 Å². The first-order valence-electron chi connectivity index (χ1n) is 15.0. The van der Waals surface area contributed by atoms with Crippen LogP contribution < -0.4 is 19.6 Å². The average Bonchev–Trinajstić information content (AvgIpc) is 2.97. The maximum atomic E-state index is 12.6. The molecule has 0 aliphatic heterocycles. The topological polar surface area (TPSA) is 86.2 Å². The summed E-state index contributed by atoms with van der Waals surface area (Å²) in [5, 5.41) is 4.06. The van der Waals surface area contributed by atoms with Gasteiger partial charge in [0.2, 0.25) is 5.91 Å². The summed E-state index contributed by atoms with van der Waals surface area (Å²) in [6.07, 6.45) is 17.8. The van der Waals surface area contributed by atoms with Crippen LogP contribution in [0.25, 0.3) is 0 Å². The van der Waals surface area contributed by atoms with Gasteiger partial charge in [-0.15, -0.1) is 0 Å². The predicted molar refractivity (Wildman–Crippen MR) is 162 cm³/mol. The van der Waals surface area contributed by atoms with E-state index in [0.717, 1.165) is 31.4 Å². The lowest BCUT2D eigenvalue weighted by Crippen LogP contribution is -2.16. The SMILES string of the molecule is CCCCCCCCCCCCCC(=O)N/N=C/c1ccc(OC(=O)c2ccc(OCCCC)cc2)c(OC)c1. The molecule has 0 saturated carbocycles. The van der Waals surface area contributed by atoms with Crippen LogP contribution in [-0.4, -0.2) is 31.8 Å². The number of carbonyl (C=O) groups is 2. The molecule has 0 atom stereocenters. The van der Waals surface area contributed by atoms with E-state index >= 15 is 0 Å². The molecule has 0 aliphatic carbocycles.